The first kappa shape index (κ1) is 8.07. The van der Waals surface area contributed by atoms with Crippen molar-refractivity contribution in [3.8, 4) is 0 Å². The lowest BCUT2D eigenvalue weighted by atomic mass is 10.2. The normalized spacial score (nSPS) is 29.3. The molecule has 0 radical (unpaired) electrons. The summed E-state index contributed by atoms with van der Waals surface area (Å²) in [6, 6.07) is 0. The summed E-state index contributed by atoms with van der Waals surface area (Å²) in [6.45, 7) is 1.33. The number of rotatable bonds is 1. The molecule has 4 heteroatoms. The van der Waals surface area contributed by atoms with Gasteiger partial charge in [-0.1, -0.05) is 0 Å². The van der Waals surface area contributed by atoms with E-state index in [-0.39, 0.29) is 12.1 Å². The van der Waals surface area contributed by atoms with Gasteiger partial charge in [0.1, 0.15) is 6.10 Å². The quantitative estimate of drug-likeness (QED) is 0.553. The molecule has 0 bridgehead atoms. The van der Waals surface area contributed by atoms with Crippen LogP contribution in [0.5, 0.6) is 0 Å². The van der Waals surface area contributed by atoms with Gasteiger partial charge in [0.2, 0.25) is 0 Å². The molecule has 1 heterocycles. The molecule has 0 aromatic heterocycles. The summed E-state index contributed by atoms with van der Waals surface area (Å²) in [5.74, 6) is -0.353. The third-order valence-corrected chi connectivity index (χ3v) is 1.28. The van der Waals surface area contributed by atoms with Gasteiger partial charge in [-0.25, -0.2) is 0 Å². The van der Waals surface area contributed by atoms with Gasteiger partial charge in [-0.05, 0) is 6.08 Å². The Balaban J connectivity index is 2.40. The molecule has 0 spiro atoms. The third kappa shape index (κ3) is 2.59. The fourth-order valence-corrected chi connectivity index (χ4v) is 0.857. The number of carbonyl (C=O) groups excluding carboxylic acids is 1. The van der Waals surface area contributed by atoms with Crippen LogP contribution in [0.3, 0.4) is 0 Å². The van der Waals surface area contributed by atoms with E-state index < -0.39 is 6.29 Å². The number of hydrogen-bond acceptors (Lipinski definition) is 4. The Labute approximate surface area is 64.4 Å². The van der Waals surface area contributed by atoms with Gasteiger partial charge in [-0.3, -0.25) is 4.79 Å². The van der Waals surface area contributed by atoms with Gasteiger partial charge in [0.25, 0.3) is 0 Å². The predicted octanol–water partition coefficient (Wildman–Crippen LogP) is 0.170. The molecule has 4 nitrogen and oxygen atoms in total. The molecule has 2 atom stereocenters. The monoisotopic (exact) mass is 158 g/mol. The van der Waals surface area contributed by atoms with Crippen LogP contribution in [0.1, 0.15) is 13.3 Å². The molecule has 0 amide bonds. The van der Waals surface area contributed by atoms with Crippen LogP contribution < -0.4 is 0 Å². The fourth-order valence-electron chi connectivity index (χ4n) is 0.857. The second kappa shape index (κ2) is 3.39. The van der Waals surface area contributed by atoms with E-state index >= 15 is 0 Å². The molecular weight excluding hydrogens is 148 g/mol. The van der Waals surface area contributed by atoms with E-state index in [9.17, 15) is 4.79 Å². The maximum atomic E-state index is 10.4. The maximum absolute atomic E-state index is 10.4. The molecule has 0 saturated carbocycles. The summed E-state index contributed by atoms with van der Waals surface area (Å²) in [5.41, 5.74) is 0. The van der Waals surface area contributed by atoms with E-state index in [1.165, 1.54) is 13.2 Å². The minimum absolute atomic E-state index is 0.302. The average molecular weight is 158 g/mol. The third-order valence-electron chi connectivity index (χ3n) is 1.28. The van der Waals surface area contributed by atoms with Crippen molar-refractivity contribution >= 4 is 5.97 Å². The molecule has 0 aromatic rings. The number of ether oxygens (including phenoxy) is 2. The Morgan fingerprint density at radius 3 is 3.09 bits per heavy atom. The van der Waals surface area contributed by atoms with Gasteiger partial charge in [0.15, 0.2) is 6.29 Å². The molecule has 1 aliphatic heterocycles. The Morgan fingerprint density at radius 2 is 2.55 bits per heavy atom. The van der Waals surface area contributed by atoms with Crippen LogP contribution in [-0.2, 0) is 14.3 Å². The van der Waals surface area contributed by atoms with E-state index in [2.05, 4.69) is 4.74 Å². The summed E-state index contributed by atoms with van der Waals surface area (Å²) in [6.07, 6.45) is 2.02. The van der Waals surface area contributed by atoms with Crippen molar-refractivity contribution in [2.24, 2.45) is 0 Å². The first-order valence-electron chi connectivity index (χ1n) is 3.36. The molecule has 11 heavy (non-hydrogen) atoms. The smallest absolute Gasteiger partial charge is 0.303 e. The number of carbonyl (C=O) groups is 1. The molecule has 0 aromatic carbocycles. The van der Waals surface area contributed by atoms with E-state index in [4.69, 9.17) is 9.84 Å². The summed E-state index contributed by atoms with van der Waals surface area (Å²) >= 11 is 0. The molecule has 62 valence electrons. The Kier molecular flexibility index (Phi) is 2.48. The highest BCUT2D eigenvalue weighted by atomic mass is 16.6. The van der Waals surface area contributed by atoms with Gasteiger partial charge in [-0.2, -0.15) is 0 Å². The second-order valence-corrected chi connectivity index (χ2v) is 2.30. The second-order valence-electron chi connectivity index (χ2n) is 2.30. The van der Waals surface area contributed by atoms with Gasteiger partial charge in [-0.15, -0.1) is 0 Å². The van der Waals surface area contributed by atoms with Crippen molar-refractivity contribution in [2.45, 2.75) is 25.7 Å². The van der Waals surface area contributed by atoms with Crippen molar-refractivity contribution in [3.05, 3.63) is 12.3 Å². The average Bonchev–Trinajstić information content (AvgIpc) is 1.85. The van der Waals surface area contributed by atoms with Gasteiger partial charge < -0.3 is 14.6 Å². The predicted molar refractivity (Wildman–Crippen MR) is 36.4 cm³/mol. The van der Waals surface area contributed by atoms with Crippen molar-refractivity contribution in [1.29, 1.82) is 0 Å². The van der Waals surface area contributed by atoms with E-state index in [1.54, 1.807) is 6.08 Å². The van der Waals surface area contributed by atoms with E-state index in [0.29, 0.717) is 6.42 Å². The molecule has 1 rings (SSSR count). The van der Waals surface area contributed by atoms with Gasteiger partial charge >= 0.3 is 5.97 Å². The molecular formula is C7H10O4. The lowest BCUT2D eigenvalue weighted by Crippen LogP contribution is -2.25. The highest BCUT2D eigenvalue weighted by Crippen LogP contribution is 2.11. The lowest BCUT2D eigenvalue weighted by molar-refractivity contribution is -0.150. The number of esters is 1. The van der Waals surface area contributed by atoms with Crippen molar-refractivity contribution in [1.82, 2.24) is 0 Å². The van der Waals surface area contributed by atoms with E-state index in [0.717, 1.165) is 0 Å². The minimum Gasteiger partial charge on any atom is -0.473 e. The number of hydrogen-bond donors (Lipinski definition) is 1. The molecule has 0 fully saturated rings. The molecule has 1 aliphatic rings. The number of aliphatic hydroxyl groups is 1. The van der Waals surface area contributed by atoms with Gasteiger partial charge in [0, 0.05) is 6.92 Å². The van der Waals surface area contributed by atoms with Crippen LogP contribution in [0.4, 0.5) is 0 Å². The highest BCUT2D eigenvalue weighted by Gasteiger charge is 2.18. The van der Waals surface area contributed by atoms with Crippen LogP contribution in [0.15, 0.2) is 12.3 Å². The van der Waals surface area contributed by atoms with Crippen LogP contribution in [0, 0.1) is 0 Å². The van der Waals surface area contributed by atoms with Crippen molar-refractivity contribution in [2.75, 3.05) is 0 Å². The molecule has 1 N–H and O–H groups in total. The Morgan fingerprint density at radius 1 is 1.82 bits per heavy atom. The SMILES string of the molecule is CC(=O)OC1C=COC(O)C1. The van der Waals surface area contributed by atoms with Crippen LogP contribution in [0.2, 0.25) is 0 Å². The minimum atomic E-state index is -0.857. The maximum Gasteiger partial charge on any atom is 0.303 e. The largest absolute Gasteiger partial charge is 0.473 e. The Bertz CT molecular complexity index is 175. The van der Waals surface area contributed by atoms with Crippen LogP contribution >= 0.6 is 0 Å². The number of aliphatic hydroxyl groups excluding tert-OH is 1. The summed E-state index contributed by atoms with van der Waals surface area (Å²) in [7, 11) is 0. The van der Waals surface area contributed by atoms with E-state index in [1.807, 2.05) is 0 Å². The molecule has 0 aliphatic carbocycles. The zero-order valence-corrected chi connectivity index (χ0v) is 6.19. The highest BCUT2D eigenvalue weighted by molar-refractivity contribution is 5.66. The summed E-state index contributed by atoms with van der Waals surface area (Å²) in [5, 5.41) is 8.93. The topological polar surface area (TPSA) is 55.8 Å². The van der Waals surface area contributed by atoms with Crippen molar-refractivity contribution < 1.29 is 19.4 Å². The van der Waals surface area contributed by atoms with Crippen LogP contribution in [0.25, 0.3) is 0 Å². The lowest BCUT2D eigenvalue weighted by Gasteiger charge is -2.20. The van der Waals surface area contributed by atoms with Gasteiger partial charge in [0.05, 0.1) is 12.7 Å². The standard InChI is InChI=1S/C7H10O4/c1-5(8)11-6-2-3-10-7(9)4-6/h2-3,6-7,9H,4H2,1H3. The zero-order chi connectivity index (χ0) is 8.27. The first-order valence-corrected chi connectivity index (χ1v) is 3.36. The Hall–Kier alpha value is -1.03. The molecule has 0 saturated heterocycles. The fraction of sp³-hybridized carbons (Fsp3) is 0.571. The van der Waals surface area contributed by atoms with Crippen molar-refractivity contribution in [3.63, 3.8) is 0 Å². The molecule has 2 unspecified atom stereocenters. The van der Waals surface area contributed by atoms with Crippen LogP contribution in [-0.4, -0.2) is 23.5 Å². The first-order chi connectivity index (χ1) is 5.18. The summed E-state index contributed by atoms with van der Waals surface area (Å²) < 4.78 is 9.47. The zero-order valence-electron chi connectivity index (χ0n) is 6.19. The summed E-state index contributed by atoms with van der Waals surface area (Å²) in [4.78, 5) is 10.4.